The molecule has 0 saturated heterocycles. The Bertz CT molecular complexity index is 552. The molecule has 0 spiro atoms. The van der Waals surface area contributed by atoms with Gasteiger partial charge in [-0.3, -0.25) is 0 Å². The maximum absolute atomic E-state index is 13.6. The van der Waals surface area contributed by atoms with Crippen molar-refractivity contribution >= 4 is 5.69 Å². The molecule has 1 atom stereocenters. The van der Waals surface area contributed by atoms with E-state index in [1.807, 2.05) is 30.3 Å². The smallest absolute Gasteiger partial charge is 0.152 e. The Hall–Kier alpha value is -2.01. The van der Waals surface area contributed by atoms with Gasteiger partial charge in [-0.25, -0.2) is 13.2 Å². The summed E-state index contributed by atoms with van der Waals surface area (Å²) in [5, 5.41) is 2.72. The van der Waals surface area contributed by atoms with Gasteiger partial charge in [0.2, 0.25) is 0 Å². The van der Waals surface area contributed by atoms with Crippen molar-refractivity contribution in [2.45, 2.75) is 6.04 Å². The molecule has 0 heterocycles. The van der Waals surface area contributed by atoms with E-state index in [2.05, 4.69) is 5.32 Å². The summed E-state index contributed by atoms with van der Waals surface area (Å²) in [4.78, 5) is 0. The third kappa shape index (κ3) is 3.30. The van der Waals surface area contributed by atoms with Crippen LogP contribution in [0.2, 0.25) is 0 Å². The van der Waals surface area contributed by atoms with Crippen molar-refractivity contribution in [3.63, 3.8) is 0 Å². The van der Waals surface area contributed by atoms with Crippen LogP contribution >= 0.6 is 0 Å². The summed E-state index contributed by atoms with van der Waals surface area (Å²) < 4.78 is 45.2. The highest BCUT2D eigenvalue weighted by Crippen LogP contribution is 2.25. The number of hydrogen-bond donors (Lipinski definition) is 1. The molecule has 1 N–H and O–H groups in total. The Morgan fingerprint density at radius 2 is 1.65 bits per heavy atom. The lowest BCUT2D eigenvalue weighted by Crippen LogP contribution is -2.18. The molecule has 0 radical (unpaired) electrons. The van der Waals surface area contributed by atoms with Crippen molar-refractivity contribution in [3.05, 3.63) is 65.5 Å². The molecule has 2 rings (SSSR count). The highest BCUT2D eigenvalue weighted by atomic mass is 19.1. The van der Waals surface area contributed by atoms with Crippen LogP contribution in [0.25, 0.3) is 0 Å². The zero-order valence-electron chi connectivity index (χ0n) is 10.9. The number of rotatable bonds is 5. The van der Waals surface area contributed by atoms with Crippen molar-refractivity contribution in [2.75, 3.05) is 19.0 Å². The fourth-order valence-corrected chi connectivity index (χ4v) is 1.93. The van der Waals surface area contributed by atoms with Crippen LogP contribution in [0.5, 0.6) is 0 Å². The number of methoxy groups -OCH3 is 1. The Morgan fingerprint density at radius 3 is 2.20 bits per heavy atom. The summed E-state index contributed by atoms with van der Waals surface area (Å²) in [5.74, 6) is -2.90. The lowest BCUT2D eigenvalue weighted by molar-refractivity contribution is 0.186. The molecule has 2 nitrogen and oxygen atoms in total. The summed E-state index contributed by atoms with van der Waals surface area (Å²) >= 11 is 0. The molecule has 2 aromatic rings. The molecular formula is C15H14F3NO. The number of hydrogen-bond acceptors (Lipinski definition) is 2. The maximum atomic E-state index is 13.6. The summed E-state index contributed by atoms with van der Waals surface area (Å²) in [6, 6.07) is 9.95. The van der Waals surface area contributed by atoms with E-state index in [0.29, 0.717) is 12.1 Å². The van der Waals surface area contributed by atoms with E-state index in [-0.39, 0.29) is 12.3 Å². The van der Waals surface area contributed by atoms with Crippen LogP contribution in [0.15, 0.2) is 42.5 Å². The van der Waals surface area contributed by atoms with Crippen LogP contribution in [0.4, 0.5) is 18.9 Å². The molecule has 0 bridgehead atoms. The highest BCUT2D eigenvalue weighted by molar-refractivity contribution is 5.48. The normalized spacial score (nSPS) is 12.2. The summed E-state index contributed by atoms with van der Waals surface area (Å²) in [7, 11) is 1.50. The summed E-state index contributed by atoms with van der Waals surface area (Å²) in [6.45, 7) is 0.222. The molecule has 2 aromatic carbocycles. The zero-order valence-corrected chi connectivity index (χ0v) is 10.9. The Balaban J connectivity index is 2.30. The average Bonchev–Trinajstić information content (AvgIpc) is 2.42. The lowest BCUT2D eigenvalue weighted by atomic mass is 10.1. The number of anilines is 1. The molecule has 5 heteroatoms. The van der Waals surface area contributed by atoms with Crippen molar-refractivity contribution in [1.29, 1.82) is 0 Å². The maximum Gasteiger partial charge on any atom is 0.152 e. The first kappa shape index (κ1) is 14.4. The van der Waals surface area contributed by atoms with Crippen molar-refractivity contribution in [1.82, 2.24) is 0 Å². The van der Waals surface area contributed by atoms with Crippen LogP contribution in [-0.4, -0.2) is 13.7 Å². The van der Waals surface area contributed by atoms with E-state index in [0.717, 1.165) is 5.56 Å². The SMILES string of the molecule is COCC(Nc1c(F)cc(F)cc1F)c1ccccc1. The fourth-order valence-electron chi connectivity index (χ4n) is 1.93. The molecule has 106 valence electrons. The van der Waals surface area contributed by atoms with Gasteiger partial charge in [0, 0.05) is 19.2 Å². The van der Waals surface area contributed by atoms with Gasteiger partial charge in [0.25, 0.3) is 0 Å². The fraction of sp³-hybridized carbons (Fsp3) is 0.200. The first-order valence-corrected chi connectivity index (χ1v) is 6.06. The van der Waals surface area contributed by atoms with Crippen LogP contribution in [0.1, 0.15) is 11.6 Å². The molecule has 0 aliphatic rings. The predicted octanol–water partition coefficient (Wildman–Crippen LogP) is 3.90. The Morgan fingerprint density at radius 1 is 1.05 bits per heavy atom. The standard InChI is InChI=1S/C15H14F3NO/c1-20-9-14(10-5-3-2-4-6-10)19-15-12(17)7-11(16)8-13(15)18/h2-8,14,19H,9H2,1H3. The van der Waals surface area contributed by atoms with E-state index < -0.39 is 23.5 Å². The quantitative estimate of drug-likeness (QED) is 0.897. The zero-order chi connectivity index (χ0) is 14.5. The van der Waals surface area contributed by atoms with E-state index in [1.165, 1.54) is 7.11 Å². The highest BCUT2D eigenvalue weighted by Gasteiger charge is 2.17. The minimum Gasteiger partial charge on any atom is -0.382 e. The molecule has 0 aromatic heterocycles. The van der Waals surface area contributed by atoms with E-state index in [9.17, 15) is 13.2 Å². The molecule has 1 unspecified atom stereocenters. The third-order valence-electron chi connectivity index (χ3n) is 2.86. The van der Waals surface area contributed by atoms with Crippen LogP contribution in [0.3, 0.4) is 0 Å². The summed E-state index contributed by atoms with van der Waals surface area (Å²) in [5.41, 5.74) is 0.453. The van der Waals surface area contributed by atoms with Crippen molar-refractivity contribution < 1.29 is 17.9 Å². The molecule has 0 aliphatic carbocycles. The molecule has 0 saturated carbocycles. The van der Waals surface area contributed by atoms with Gasteiger partial charge < -0.3 is 10.1 Å². The van der Waals surface area contributed by atoms with Crippen LogP contribution in [0, 0.1) is 17.5 Å². The van der Waals surface area contributed by atoms with E-state index >= 15 is 0 Å². The number of benzene rings is 2. The molecule has 0 amide bonds. The van der Waals surface area contributed by atoms with E-state index in [1.54, 1.807) is 0 Å². The van der Waals surface area contributed by atoms with Crippen molar-refractivity contribution in [2.24, 2.45) is 0 Å². The molecule has 20 heavy (non-hydrogen) atoms. The number of halogens is 3. The van der Waals surface area contributed by atoms with Gasteiger partial charge in [-0.2, -0.15) is 0 Å². The first-order valence-electron chi connectivity index (χ1n) is 6.06. The Kier molecular flexibility index (Phi) is 4.63. The van der Waals surface area contributed by atoms with E-state index in [4.69, 9.17) is 4.74 Å². The molecular weight excluding hydrogens is 267 g/mol. The van der Waals surface area contributed by atoms with Crippen LogP contribution in [-0.2, 0) is 4.74 Å². The first-order chi connectivity index (χ1) is 9.61. The third-order valence-corrected chi connectivity index (χ3v) is 2.86. The number of nitrogens with one attached hydrogen (secondary N) is 1. The largest absolute Gasteiger partial charge is 0.382 e. The minimum absolute atomic E-state index is 0.222. The minimum atomic E-state index is -0.973. The second-order valence-electron chi connectivity index (χ2n) is 4.31. The van der Waals surface area contributed by atoms with Gasteiger partial charge in [-0.1, -0.05) is 30.3 Å². The topological polar surface area (TPSA) is 21.3 Å². The predicted molar refractivity (Wildman–Crippen MR) is 71.0 cm³/mol. The van der Waals surface area contributed by atoms with Crippen molar-refractivity contribution in [3.8, 4) is 0 Å². The molecule has 0 aliphatic heterocycles. The van der Waals surface area contributed by atoms with Gasteiger partial charge >= 0.3 is 0 Å². The second kappa shape index (κ2) is 6.43. The molecule has 0 fully saturated rings. The lowest BCUT2D eigenvalue weighted by Gasteiger charge is -2.20. The average molecular weight is 281 g/mol. The van der Waals surface area contributed by atoms with Gasteiger partial charge in [0.05, 0.1) is 12.6 Å². The van der Waals surface area contributed by atoms with Gasteiger partial charge in [-0.05, 0) is 5.56 Å². The van der Waals surface area contributed by atoms with Gasteiger partial charge in [-0.15, -0.1) is 0 Å². The monoisotopic (exact) mass is 281 g/mol. The van der Waals surface area contributed by atoms with Gasteiger partial charge in [0.1, 0.15) is 11.5 Å². The summed E-state index contributed by atoms with van der Waals surface area (Å²) in [6.07, 6.45) is 0. The number of ether oxygens (including phenoxy) is 1. The second-order valence-corrected chi connectivity index (χ2v) is 4.31. The Labute approximate surface area is 115 Å². The van der Waals surface area contributed by atoms with Gasteiger partial charge in [0.15, 0.2) is 11.6 Å². The van der Waals surface area contributed by atoms with Crippen LogP contribution < -0.4 is 5.32 Å².